The average Bonchev–Trinajstić information content (AvgIpc) is 3.06. The number of hydrogen-bond donors (Lipinski definition) is 2. The molecular weight excluding hydrogens is 250 g/mol. The molecule has 2 N–H and O–H groups in total. The fourth-order valence-electron chi connectivity index (χ4n) is 3.65. The van der Waals surface area contributed by atoms with Gasteiger partial charge in [0.25, 0.3) is 0 Å². The molecule has 1 amide bonds. The van der Waals surface area contributed by atoms with Gasteiger partial charge in [0.2, 0.25) is 5.91 Å². The van der Waals surface area contributed by atoms with E-state index in [2.05, 4.69) is 27.6 Å². The maximum Gasteiger partial charge on any atom is 0.240 e. The van der Waals surface area contributed by atoms with Crippen LogP contribution in [-0.2, 0) is 17.8 Å². The Labute approximate surface area is 120 Å². The van der Waals surface area contributed by atoms with Crippen LogP contribution in [0.25, 0.3) is 0 Å². The molecule has 1 aromatic heterocycles. The Bertz CT molecular complexity index is 474. The van der Waals surface area contributed by atoms with Crippen molar-refractivity contribution in [2.45, 2.75) is 63.6 Å². The van der Waals surface area contributed by atoms with Crippen molar-refractivity contribution in [1.29, 1.82) is 0 Å². The highest BCUT2D eigenvalue weighted by atomic mass is 16.2. The summed E-state index contributed by atoms with van der Waals surface area (Å²) in [5.74, 6) is 0.158. The number of rotatable bonds is 4. The molecule has 1 atom stereocenters. The Kier molecular flexibility index (Phi) is 4.10. The third-order valence-electron chi connectivity index (χ3n) is 4.71. The zero-order valence-corrected chi connectivity index (χ0v) is 12.3. The van der Waals surface area contributed by atoms with E-state index >= 15 is 0 Å². The SMILES string of the molecule is CNC1CCCc2cn(CC(=O)NC3CCCC3)cc21. The second-order valence-electron chi connectivity index (χ2n) is 6.19. The van der Waals surface area contributed by atoms with Crippen LogP contribution >= 0.6 is 0 Å². The molecule has 0 aliphatic heterocycles. The lowest BCUT2D eigenvalue weighted by Crippen LogP contribution is -2.34. The Balaban J connectivity index is 1.62. The number of nitrogens with zero attached hydrogens (tertiary/aromatic N) is 1. The maximum atomic E-state index is 12.1. The fraction of sp³-hybridized carbons (Fsp3) is 0.688. The lowest BCUT2D eigenvalue weighted by Gasteiger charge is -2.21. The minimum absolute atomic E-state index is 0.158. The molecule has 0 aromatic carbocycles. The lowest BCUT2D eigenvalue weighted by molar-refractivity contribution is -0.122. The highest BCUT2D eigenvalue weighted by molar-refractivity contribution is 5.76. The molecule has 1 fully saturated rings. The molecule has 3 rings (SSSR count). The maximum absolute atomic E-state index is 12.1. The van der Waals surface area contributed by atoms with E-state index < -0.39 is 0 Å². The van der Waals surface area contributed by atoms with Gasteiger partial charge in [-0.05, 0) is 50.3 Å². The van der Waals surface area contributed by atoms with E-state index in [4.69, 9.17) is 0 Å². The van der Waals surface area contributed by atoms with Crippen LogP contribution in [-0.4, -0.2) is 23.6 Å². The van der Waals surface area contributed by atoms with Gasteiger partial charge in [-0.3, -0.25) is 4.79 Å². The minimum atomic E-state index is 0.158. The van der Waals surface area contributed by atoms with E-state index in [0.29, 0.717) is 18.6 Å². The lowest BCUT2D eigenvalue weighted by atomic mass is 9.91. The number of hydrogen-bond acceptors (Lipinski definition) is 2. The topological polar surface area (TPSA) is 46.1 Å². The minimum Gasteiger partial charge on any atom is -0.352 e. The first-order valence-corrected chi connectivity index (χ1v) is 7.91. The predicted octanol–water partition coefficient (Wildman–Crippen LogP) is 2.14. The third kappa shape index (κ3) is 2.90. The Hall–Kier alpha value is -1.29. The van der Waals surface area contributed by atoms with Crippen LogP contribution in [0.1, 0.15) is 55.7 Å². The van der Waals surface area contributed by atoms with Gasteiger partial charge >= 0.3 is 0 Å². The molecule has 4 heteroatoms. The van der Waals surface area contributed by atoms with Gasteiger partial charge < -0.3 is 15.2 Å². The fourth-order valence-corrected chi connectivity index (χ4v) is 3.65. The van der Waals surface area contributed by atoms with Crippen LogP contribution in [0.2, 0.25) is 0 Å². The van der Waals surface area contributed by atoms with Gasteiger partial charge in [0.1, 0.15) is 6.54 Å². The molecule has 0 radical (unpaired) electrons. The van der Waals surface area contributed by atoms with Gasteiger partial charge in [0.05, 0.1) is 0 Å². The van der Waals surface area contributed by atoms with Gasteiger partial charge in [-0.2, -0.15) is 0 Å². The number of fused-ring (bicyclic) bond motifs is 1. The second-order valence-corrected chi connectivity index (χ2v) is 6.19. The van der Waals surface area contributed by atoms with Gasteiger partial charge in [-0.1, -0.05) is 12.8 Å². The van der Waals surface area contributed by atoms with Gasteiger partial charge in [0.15, 0.2) is 0 Å². The summed E-state index contributed by atoms with van der Waals surface area (Å²) in [6, 6.07) is 0.871. The van der Waals surface area contributed by atoms with Crippen molar-refractivity contribution in [3.05, 3.63) is 23.5 Å². The van der Waals surface area contributed by atoms with Crippen LogP contribution in [0, 0.1) is 0 Å². The van der Waals surface area contributed by atoms with E-state index in [1.54, 1.807) is 0 Å². The largest absolute Gasteiger partial charge is 0.352 e. The molecule has 2 aliphatic carbocycles. The smallest absolute Gasteiger partial charge is 0.240 e. The number of aryl methyl sites for hydroxylation is 1. The van der Waals surface area contributed by atoms with E-state index in [1.807, 2.05) is 7.05 Å². The average molecular weight is 275 g/mol. The van der Waals surface area contributed by atoms with Crippen LogP contribution in [0.4, 0.5) is 0 Å². The summed E-state index contributed by atoms with van der Waals surface area (Å²) in [5, 5.41) is 6.53. The van der Waals surface area contributed by atoms with E-state index in [9.17, 15) is 4.79 Å². The first-order chi connectivity index (χ1) is 9.76. The van der Waals surface area contributed by atoms with Crippen molar-refractivity contribution >= 4 is 5.91 Å². The molecule has 2 aliphatic rings. The van der Waals surface area contributed by atoms with E-state index in [0.717, 1.165) is 19.3 Å². The summed E-state index contributed by atoms with van der Waals surface area (Å²) in [6.45, 7) is 0.458. The number of amides is 1. The Morgan fingerprint density at radius 2 is 2.05 bits per heavy atom. The number of carbonyl (C=O) groups is 1. The standard InChI is InChI=1S/C16H25N3O/c1-17-15-8-4-5-12-9-19(10-14(12)15)11-16(20)18-13-6-2-3-7-13/h9-10,13,15,17H,2-8,11H2,1H3,(H,18,20). The Morgan fingerprint density at radius 3 is 2.80 bits per heavy atom. The van der Waals surface area contributed by atoms with Gasteiger partial charge in [-0.25, -0.2) is 0 Å². The number of carbonyl (C=O) groups excluding carboxylic acids is 1. The van der Waals surface area contributed by atoms with Gasteiger partial charge in [-0.15, -0.1) is 0 Å². The molecule has 110 valence electrons. The molecule has 1 heterocycles. The molecule has 4 nitrogen and oxygen atoms in total. The highest BCUT2D eigenvalue weighted by Gasteiger charge is 2.22. The third-order valence-corrected chi connectivity index (χ3v) is 4.71. The van der Waals surface area contributed by atoms with Crippen LogP contribution in [0.5, 0.6) is 0 Å². The highest BCUT2D eigenvalue weighted by Crippen LogP contribution is 2.30. The molecule has 1 unspecified atom stereocenters. The first-order valence-electron chi connectivity index (χ1n) is 7.91. The van der Waals surface area contributed by atoms with Crippen LogP contribution in [0.15, 0.2) is 12.4 Å². The van der Waals surface area contributed by atoms with Crippen molar-refractivity contribution in [2.24, 2.45) is 0 Å². The van der Waals surface area contributed by atoms with Crippen molar-refractivity contribution in [1.82, 2.24) is 15.2 Å². The molecule has 0 spiro atoms. The number of aromatic nitrogens is 1. The van der Waals surface area contributed by atoms with Crippen LogP contribution in [0.3, 0.4) is 0 Å². The van der Waals surface area contributed by atoms with Crippen LogP contribution < -0.4 is 10.6 Å². The predicted molar refractivity (Wildman–Crippen MR) is 79.6 cm³/mol. The molecule has 0 saturated heterocycles. The molecular formula is C16H25N3O. The van der Waals surface area contributed by atoms with Crippen molar-refractivity contribution in [3.63, 3.8) is 0 Å². The van der Waals surface area contributed by atoms with Crippen molar-refractivity contribution in [3.8, 4) is 0 Å². The molecule has 1 aromatic rings. The monoisotopic (exact) mass is 275 g/mol. The Morgan fingerprint density at radius 1 is 1.25 bits per heavy atom. The summed E-state index contributed by atoms with van der Waals surface area (Å²) in [4.78, 5) is 12.1. The summed E-state index contributed by atoms with van der Waals surface area (Å²) < 4.78 is 2.06. The molecule has 1 saturated carbocycles. The van der Waals surface area contributed by atoms with E-state index in [-0.39, 0.29) is 5.91 Å². The molecule has 0 bridgehead atoms. The summed E-state index contributed by atoms with van der Waals surface area (Å²) in [6.07, 6.45) is 12.7. The zero-order chi connectivity index (χ0) is 13.9. The quantitative estimate of drug-likeness (QED) is 0.884. The molecule has 20 heavy (non-hydrogen) atoms. The summed E-state index contributed by atoms with van der Waals surface area (Å²) >= 11 is 0. The summed E-state index contributed by atoms with van der Waals surface area (Å²) in [7, 11) is 2.02. The normalized spacial score (nSPS) is 22.8. The number of nitrogens with one attached hydrogen (secondary N) is 2. The zero-order valence-electron chi connectivity index (χ0n) is 12.3. The van der Waals surface area contributed by atoms with Crippen molar-refractivity contribution < 1.29 is 4.79 Å². The van der Waals surface area contributed by atoms with Gasteiger partial charge in [0, 0.05) is 24.5 Å². The second kappa shape index (κ2) is 6.00. The summed E-state index contributed by atoms with van der Waals surface area (Å²) in [5.41, 5.74) is 2.79. The van der Waals surface area contributed by atoms with E-state index in [1.165, 1.54) is 36.8 Å². The van der Waals surface area contributed by atoms with Crippen molar-refractivity contribution in [2.75, 3.05) is 7.05 Å². The first kappa shape index (κ1) is 13.7.